The van der Waals surface area contributed by atoms with E-state index < -0.39 is 9.70 Å². The number of benzene rings is 1. The Hall–Kier alpha value is -0.970. The molecule has 108 valence electrons. The molecule has 2 rings (SSSR count). The number of hydrogen-bond donors (Lipinski definition) is 1. The highest BCUT2D eigenvalue weighted by atomic mass is 35.6. The Kier molecular flexibility index (Phi) is 4.78. The molecule has 1 aliphatic heterocycles. The van der Waals surface area contributed by atoms with Gasteiger partial charge in [0, 0.05) is 13.1 Å². The summed E-state index contributed by atoms with van der Waals surface area (Å²) in [5.74, 6) is -0.910. The van der Waals surface area contributed by atoms with Gasteiger partial charge in [-0.3, -0.25) is 9.59 Å². The zero-order chi connectivity index (χ0) is 14.8. The predicted octanol–water partition coefficient (Wildman–Crippen LogP) is 3.23. The number of anilines is 1. The van der Waals surface area contributed by atoms with Crippen molar-refractivity contribution in [3.8, 4) is 0 Å². The number of hydrogen-bond acceptors (Lipinski definition) is 2. The maximum Gasteiger partial charge on any atom is 0.276 e. The van der Waals surface area contributed by atoms with Crippen molar-refractivity contribution in [3.63, 3.8) is 0 Å². The predicted molar refractivity (Wildman–Crippen MR) is 80.5 cm³/mol. The molecule has 4 nitrogen and oxygen atoms in total. The van der Waals surface area contributed by atoms with Crippen LogP contribution < -0.4 is 5.32 Å². The summed E-state index contributed by atoms with van der Waals surface area (Å²) in [6.07, 6.45) is 1.99. The Labute approximate surface area is 132 Å². The van der Waals surface area contributed by atoms with E-state index in [2.05, 4.69) is 5.32 Å². The normalized spacial score (nSPS) is 15.2. The molecule has 0 spiro atoms. The maximum absolute atomic E-state index is 12.4. The van der Waals surface area contributed by atoms with Gasteiger partial charge in [-0.15, -0.1) is 0 Å². The van der Waals surface area contributed by atoms with Crippen LogP contribution in [0.1, 0.15) is 23.2 Å². The summed E-state index contributed by atoms with van der Waals surface area (Å²) < 4.78 is -2.07. The molecule has 1 fully saturated rings. The van der Waals surface area contributed by atoms with Gasteiger partial charge >= 0.3 is 0 Å². The van der Waals surface area contributed by atoms with Gasteiger partial charge in [0.2, 0.25) is 0 Å². The van der Waals surface area contributed by atoms with Crippen molar-refractivity contribution in [2.45, 2.75) is 16.6 Å². The van der Waals surface area contributed by atoms with E-state index in [4.69, 9.17) is 34.8 Å². The van der Waals surface area contributed by atoms with Gasteiger partial charge in [-0.25, -0.2) is 0 Å². The quantitative estimate of drug-likeness (QED) is 0.844. The molecule has 0 aliphatic carbocycles. The fraction of sp³-hybridized carbons (Fsp3) is 0.385. The van der Waals surface area contributed by atoms with Crippen LogP contribution in [0, 0.1) is 0 Å². The van der Waals surface area contributed by atoms with Gasteiger partial charge in [-0.05, 0) is 25.0 Å². The first-order chi connectivity index (χ1) is 9.39. The summed E-state index contributed by atoms with van der Waals surface area (Å²) in [5.41, 5.74) is 0.748. The van der Waals surface area contributed by atoms with Gasteiger partial charge in [0.15, 0.2) is 0 Å². The first kappa shape index (κ1) is 15.4. The second kappa shape index (κ2) is 6.20. The second-order valence-corrected chi connectivity index (χ2v) is 6.78. The van der Waals surface area contributed by atoms with Gasteiger partial charge in [-0.2, -0.15) is 0 Å². The van der Waals surface area contributed by atoms with Crippen LogP contribution in [-0.4, -0.2) is 33.6 Å². The monoisotopic (exact) mass is 334 g/mol. The number of halogens is 3. The third-order valence-electron chi connectivity index (χ3n) is 3.06. The number of alkyl halides is 3. The van der Waals surface area contributed by atoms with Crippen LogP contribution in [0.3, 0.4) is 0 Å². The van der Waals surface area contributed by atoms with Crippen molar-refractivity contribution in [3.05, 3.63) is 29.8 Å². The summed E-state index contributed by atoms with van der Waals surface area (Å²) in [4.78, 5) is 25.8. The van der Waals surface area contributed by atoms with E-state index in [0.717, 1.165) is 25.9 Å². The summed E-state index contributed by atoms with van der Waals surface area (Å²) in [7, 11) is 0. The number of nitrogens with zero attached hydrogens (tertiary/aromatic N) is 1. The topological polar surface area (TPSA) is 49.4 Å². The van der Waals surface area contributed by atoms with Crippen LogP contribution in [0.25, 0.3) is 0 Å². The Bertz CT molecular complexity index is 523. The number of carbonyl (C=O) groups is 2. The maximum atomic E-state index is 12.4. The van der Waals surface area contributed by atoms with Gasteiger partial charge in [0.05, 0.1) is 11.3 Å². The molecule has 1 aromatic rings. The average Bonchev–Trinajstić information content (AvgIpc) is 2.91. The third-order valence-corrected chi connectivity index (χ3v) is 3.57. The number of carbonyl (C=O) groups excluding carboxylic acids is 2. The molecular formula is C13H13Cl3N2O2. The van der Waals surface area contributed by atoms with Crippen LogP contribution in [-0.2, 0) is 4.79 Å². The fourth-order valence-electron chi connectivity index (χ4n) is 2.06. The Morgan fingerprint density at radius 3 is 2.30 bits per heavy atom. The van der Waals surface area contributed by atoms with Gasteiger partial charge in [0.25, 0.3) is 15.6 Å². The molecular weight excluding hydrogens is 323 g/mol. The average molecular weight is 336 g/mol. The van der Waals surface area contributed by atoms with E-state index in [1.807, 2.05) is 0 Å². The number of amides is 2. The summed E-state index contributed by atoms with van der Waals surface area (Å²) in [6, 6.07) is 6.69. The smallest absolute Gasteiger partial charge is 0.276 e. The minimum atomic E-state index is -2.07. The number of likely N-dealkylation sites (tertiary alicyclic amines) is 1. The molecule has 1 N–H and O–H groups in total. The standard InChI is InChI=1S/C13H13Cl3N2O2/c14-13(15,16)12(20)17-10-6-2-1-5-9(10)11(19)18-7-3-4-8-18/h1-2,5-6H,3-4,7-8H2,(H,17,20). The Balaban J connectivity index is 2.22. The summed E-state index contributed by atoms with van der Waals surface area (Å²) in [5, 5.41) is 2.47. The van der Waals surface area contributed by atoms with Gasteiger partial charge in [-0.1, -0.05) is 46.9 Å². The highest BCUT2D eigenvalue weighted by Crippen LogP contribution is 2.29. The molecule has 0 aromatic heterocycles. The SMILES string of the molecule is O=C(c1ccccc1NC(=O)C(Cl)(Cl)Cl)N1CCCC1. The molecule has 1 aliphatic rings. The number of nitrogens with one attached hydrogen (secondary N) is 1. The van der Waals surface area contributed by atoms with Crippen LogP contribution in [0.4, 0.5) is 5.69 Å². The third kappa shape index (κ3) is 3.57. The molecule has 0 unspecified atom stereocenters. The highest BCUT2D eigenvalue weighted by molar-refractivity contribution is 6.76. The van der Waals surface area contributed by atoms with Crippen molar-refractivity contribution >= 4 is 52.3 Å². The largest absolute Gasteiger partial charge is 0.339 e. The Morgan fingerprint density at radius 1 is 1.10 bits per heavy atom. The van der Waals surface area contributed by atoms with Crippen LogP contribution in [0.2, 0.25) is 0 Å². The zero-order valence-electron chi connectivity index (χ0n) is 10.5. The number of rotatable bonds is 2. The summed E-state index contributed by atoms with van der Waals surface area (Å²) in [6.45, 7) is 1.46. The van der Waals surface area contributed by atoms with E-state index in [0.29, 0.717) is 11.3 Å². The van der Waals surface area contributed by atoms with Crippen LogP contribution >= 0.6 is 34.8 Å². The molecule has 0 bridgehead atoms. The lowest BCUT2D eigenvalue weighted by Gasteiger charge is -2.19. The van der Waals surface area contributed by atoms with Gasteiger partial charge < -0.3 is 10.2 Å². The lowest BCUT2D eigenvalue weighted by Crippen LogP contribution is -2.31. The molecule has 20 heavy (non-hydrogen) atoms. The first-order valence-corrected chi connectivity index (χ1v) is 7.29. The van der Waals surface area contributed by atoms with Crippen molar-refractivity contribution in [2.75, 3.05) is 18.4 Å². The fourth-order valence-corrected chi connectivity index (χ4v) is 2.20. The molecule has 1 aromatic carbocycles. The van der Waals surface area contributed by atoms with Gasteiger partial charge in [0.1, 0.15) is 0 Å². The van der Waals surface area contributed by atoms with Crippen molar-refractivity contribution in [1.82, 2.24) is 4.90 Å². The van der Waals surface area contributed by atoms with Crippen LogP contribution in [0.5, 0.6) is 0 Å². The zero-order valence-corrected chi connectivity index (χ0v) is 12.8. The van der Waals surface area contributed by atoms with E-state index in [1.165, 1.54) is 0 Å². The lowest BCUT2D eigenvalue weighted by atomic mass is 10.1. The minimum Gasteiger partial charge on any atom is -0.339 e. The molecule has 2 amide bonds. The van der Waals surface area contributed by atoms with E-state index in [-0.39, 0.29) is 5.91 Å². The summed E-state index contributed by atoms with van der Waals surface area (Å²) >= 11 is 16.5. The van der Waals surface area contributed by atoms with E-state index in [1.54, 1.807) is 29.2 Å². The highest BCUT2D eigenvalue weighted by Gasteiger charge is 2.32. The van der Waals surface area contributed by atoms with Crippen LogP contribution in [0.15, 0.2) is 24.3 Å². The van der Waals surface area contributed by atoms with Crippen molar-refractivity contribution in [2.24, 2.45) is 0 Å². The molecule has 1 heterocycles. The lowest BCUT2D eigenvalue weighted by molar-refractivity contribution is -0.115. The molecule has 1 saturated heterocycles. The van der Waals surface area contributed by atoms with Crippen molar-refractivity contribution in [1.29, 1.82) is 0 Å². The Morgan fingerprint density at radius 2 is 1.70 bits per heavy atom. The molecule has 0 atom stereocenters. The number of para-hydroxylation sites is 1. The molecule has 7 heteroatoms. The van der Waals surface area contributed by atoms with Crippen molar-refractivity contribution < 1.29 is 9.59 Å². The molecule has 0 radical (unpaired) electrons. The molecule has 0 saturated carbocycles. The first-order valence-electron chi connectivity index (χ1n) is 6.16. The second-order valence-electron chi connectivity index (χ2n) is 4.50. The minimum absolute atomic E-state index is 0.122. The van der Waals surface area contributed by atoms with E-state index in [9.17, 15) is 9.59 Å². The van der Waals surface area contributed by atoms with E-state index >= 15 is 0 Å².